The molecular formula is C18H21N5. The van der Waals surface area contributed by atoms with Crippen LogP contribution in [-0.4, -0.2) is 27.0 Å². The first-order valence-electron chi connectivity index (χ1n) is 7.72. The summed E-state index contributed by atoms with van der Waals surface area (Å²) >= 11 is 0. The number of hydrogen-bond donors (Lipinski definition) is 2. The largest absolute Gasteiger partial charge is 0.380 e. The predicted octanol–water partition coefficient (Wildman–Crippen LogP) is 3.23. The van der Waals surface area contributed by atoms with Crippen LogP contribution in [0.15, 0.2) is 49.1 Å². The van der Waals surface area contributed by atoms with Gasteiger partial charge in [-0.2, -0.15) is 0 Å². The van der Waals surface area contributed by atoms with E-state index in [2.05, 4.69) is 35.2 Å². The van der Waals surface area contributed by atoms with Crippen LogP contribution in [-0.2, 0) is 0 Å². The Morgan fingerprint density at radius 2 is 1.83 bits per heavy atom. The number of rotatable bonds is 5. The van der Waals surface area contributed by atoms with Crippen molar-refractivity contribution in [2.24, 2.45) is 5.73 Å². The number of fused-ring (bicyclic) bond motifs is 1. The lowest BCUT2D eigenvalue weighted by atomic mass is 9.99. The zero-order valence-corrected chi connectivity index (χ0v) is 13.5. The molecule has 23 heavy (non-hydrogen) atoms. The van der Waals surface area contributed by atoms with Gasteiger partial charge in [-0.15, -0.1) is 0 Å². The van der Waals surface area contributed by atoms with Crippen LogP contribution in [0.5, 0.6) is 0 Å². The Kier molecular flexibility index (Phi) is 4.21. The highest BCUT2D eigenvalue weighted by molar-refractivity contribution is 5.93. The summed E-state index contributed by atoms with van der Waals surface area (Å²) in [7, 11) is 0. The third-order valence-corrected chi connectivity index (χ3v) is 3.83. The van der Waals surface area contributed by atoms with E-state index in [4.69, 9.17) is 10.7 Å². The first-order valence-corrected chi connectivity index (χ1v) is 7.72. The van der Waals surface area contributed by atoms with Crippen LogP contribution in [0, 0.1) is 0 Å². The molecule has 0 aliphatic rings. The van der Waals surface area contributed by atoms with Crippen molar-refractivity contribution in [3.05, 3.63) is 49.1 Å². The summed E-state index contributed by atoms with van der Waals surface area (Å²) in [6.45, 7) is 4.95. The molecule has 0 saturated carbocycles. The van der Waals surface area contributed by atoms with E-state index < -0.39 is 0 Å². The highest BCUT2D eigenvalue weighted by Crippen LogP contribution is 2.30. The van der Waals surface area contributed by atoms with E-state index in [1.54, 1.807) is 24.8 Å². The van der Waals surface area contributed by atoms with Crippen LogP contribution < -0.4 is 11.1 Å². The van der Waals surface area contributed by atoms with Crippen LogP contribution in [0.3, 0.4) is 0 Å². The van der Waals surface area contributed by atoms with Gasteiger partial charge in [0.15, 0.2) is 0 Å². The zero-order valence-electron chi connectivity index (χ0n) is 13.5. The summed E-state index contributed by atoms with van der Waals surface area (Å²) in [6.07, 6.45) is 8.01. The van der Waals surface area contributed by atoms with Gasteiger partial charge in [-0.3, -0.25) is 9.97 Å². The Hall–Kier alpha value is -2.53. The molecule has 0 radical (unpaired) electrons. The third kappa shape index (κ3) is 3.46. The van der Waals surface area contributed by atoms with Crippen molar-refractivity contribution in [1.82, 2.24) is 15.0 Å². The molecule has 0 aromatic carbocycles. The van der Waals surface area contributed by atoms with Gasteiger partial charge in [0, 0.05) is 40.8 Å². The summed E-state index contributed by atoms with van der Waals surface area (Å²) in [4.78, 5) is 13.0. The number of nitrogens with one attached hydrogen (secondary N) is 1. The van der Waals surface area contributed by atoms with E-state index in [0.717, 1.165) is 34.3 Å². The van der Waals surface area contributed by atoms with E-state index in [9.17, 15) is 0 Å². The van der Waals surface area contributed by atoms with Gasteiger partial charge in [0.05, 0.1) is 17.4 Å². The lowest BCUT2D eigenvalue weighted by Crippen LogP contribution is -2.33. The fourth-order valence-corrected chi connectivity index (χ4v) is 2.64. The molecule has 0 fully saturated rings. The molecule has 0 saturated heterocycles. The minimum absolute atomic E-state index is 0.0954. The lowest BCUT2D eigenvalue weighted by molar-refractivity contribution is 0.527. The minimum Gasteiger partial charge on any atom is -0.380 e. The maximum atomic E-state index is 5.73. The first-order chi connectivity index (χ1) is 11.1. The molecule has 0 atom stereocenters. The number of pyridine rings is 3. The van der Waals surface area contributed by atoms with Gasteiger partial charge in [-0.25, -0.2) is 4.98 Å². The number of aromatic nitrogens is 3. The third-order valence-electron chi connectivity index (χ3n) is 3.83. The summed E-state index contributed by atoms with van der Waals surface area (Å²) in [5.41, 5.74) is 9.48. The molecule has 3 N–H and O–H groups in total. The van der Waals surface area contributed by atoms with Gasteiger partial charge >= 0.3 is 0 Å². The average Bonchev–Trinajstić information content (AvgIpc) is 2.55. The van der Waals surface area contributed by atoms with E-state index in [0.29, 0.717) is 6.54 Å². The highest BCUT2D eigenvalue weighted by Gasteiger charge is 2.18. The Labute approximate surface area is 136 Å². The second-order valence-corrected chi connectivity index (χ2v) is 6.23. The normalized spacial score (nSPS) is 11.6. The van der Waals surface area contributed by atoms with Crippen LogP contribution in [0.4, 0.5) is 5.69 Å². The maximum Gasteiger partial charge on any atom is 0.0913 e. The molecule has 3 aromatic heterocycles. The number of anilines is 1. The van der Waals surface area contributed by atoms with Crippen LogP contribution in [0.25, 0.3) is 22.2 Å². The van der Waals surface area contributed by atoms with Gasteiger partial charge in [-0.1, -0.05) is 0 Å². The van der Waals surface area contributed by atoms with Gasteiger partial charge in [0.25, 0.3) is 0 Å². The number of hydrogen-bond acceptors (Lipinski definition) is 5. The molecule has 0 unspecified atom stereocenters. The second-order valence-electron chi connectivity index (χ2n) is 6.23. The molecule has 3 heterocycles. The van der Waals surface area contributed by atoms with Crippen molar-refractivity contribution in [2.75, 3.05) is 11.9 Å². The molecule has 0 aliphatic carbocycles. The average molecular weight is 307 g/mol. The second kappa shape index (κ2) is 6.30. The van der Waals surface area contributed by atoms with Crippen LogP contribution in [0.1, 0.15) is 20.3 Å². The zero-order chi connectivity index (χ0) is 16.3. The van der Waals surface area contributed by atoms with Gasteiger partial charge in [0.2, 0.25) is 0 Å². The molecule has 3 aromatic rings. The lowest BCUT2D eigenvalue weighted by Gasteiger charge is -2.28. The molecule has 0 spiro atoms. The smallest absolute Gasteiger partial charge is 0.0913 e. The van der Waals surface area contributed by atoms with E-state index in [-0.39, 0.29) is 5.54 Å². The Bertz CT molecular complexity index is 799. The topological polar surface area (TPSA) is 76.7 Å². The van der Waals surface area contributed by atoms with E-state index in [1.807, 2.05) is 18.2 Å². The molecular weight excluding hydrogens is 286 g/mol. The Morgan fingerprint density at radius 1 is 1.09 bits per heavy atom. The van der Waals surface area contributed by atoms with E-state index in [1.165, 1.54) is 0 Å². The monoisotopic (exact) mass is 307 g/mol. The SMILES string of the molecule is CC(C)(CCN)Nc1cc(-c2ccncc2)nc2cnccc12. The number of nitrogens with zero attached hydrogens (tertiary/aromatic N) is 3. The van der Waals surface area contributed by atoms with Crippen molar-refractivity contribution < 1.29 is 0 Å². The number of nitrogens with two attached hydrogens (primary N) is 1. The molecule has 0 amide bonds. The van der Waals surface area contributed by atoms with E-state index >= 15 is 0 Å². The quantitative estimate of drug-likeness (QED) is 0.757. The molecule has 5 nitrogen and oxygen atoms in total. The van der Waals surface area contributed by atoms with Crippen molar-refractivity contribution in [3.63, 3.8) is 0 Å². The molecule has 118 valence electrons. The summed E-state index contributed by atoms with van der Waals surface area (Å²) in [5, 5.41) is 4.67. The Balaban J connectivity index is 2.11. The first kappa shape index (κ1) is 15.4. The Morgan fingerprint density at radius 3 is 2.57 bits per heavy atom. The minimum atomic E-state index is -0.0954. The van der Waals surface area contributed by atoms with Gasteiger partial charge in [-0.05, 0) is 51.1 Å². The van der Waals surface area contributed by atoms with Gasteiger partial charge in [0.1, 0.15) is 0 Å². The van der Waals surface area contributed by atoms with Gasteiger partial charge < -0.3 is 11.1 Å². The molecule has 3 rings (SSSR count). The fraction of sp³-hybridized carbons (Fsp3) is 0.278. The summed E-state index contributed by atoms with van der Waals surface area (Å²) in [5.74, 6) is 0. The van der Waals surface area contributed by atoms with Crippen molar-refractivity contribution in [1.29, 1.82) is 0 Å². The van der Waals surface area contributed by atoms with Crippen LogP contribution in [0.2, 0.25) is 0 Å². The van der Waals surface area contributed by atoms with Crippen LogP contribution >= 0.6 is 0 Å². The van der Waals surface area contributed by atoms with Crippen molar-refractivity contribution in [3.8, 4) is 11.3 Å². The predicted molar refractivity (Wildman–Crippen MR) is 94.1 cm³/mol. The standard InChI is InChI=1S/C18H21N5/c1-18(2,6-7-19)23-16-11-15(13-3-8-20-9-4-13)22-17-12-21-10-5-14(16)17/h3-5,8-12H,6-7,19H2,1-2H3,(H,22,23). The highest BCUT2D eigenvalue weighted by atomic mass is 15.0. The summed E-state index contributed by atoms with van der Waals surface area (Å²) in [6, 6.07) is 7.98. The molecule has 0 aliphatic heterocycles. The molecule has 5 heteroatoms. The van der Waals surface area contributed by atoms with Crippen molar-refractivity contribution >= 4 is 16.6 Å². The maximum absolute atomic E-state index is 5.73. The molecule has 0 bridgehead atoms. The van der Waals surface area contributed by atoms with Crippen molar-refractivity contribution in [2.45, 2.75) is 25.8 Å². The fourth-order valence-electron chi connectivity index (χ4n) is 2.64. The summed E-state index contributed by atoms with van der Waals surface area (Å²) < 4.78 is 0.